The van der Waals surface area contributed by atoms with E-state index in [-0.39, 0.29) is 5.56 Å². The zero-order valence-corrected chi connectivity index (χ0v) is 11.1. The van der Waals surface area contributed by atoms with E-state index in [0.29, 0.717) is 11.1 Å². The molecule has 3 heteroatoms. The number of halogens is 1. The molecule has 0 radical (unpaired) electrons. The average molecular weight is 303 g/mol. The number of carboxylic acid groups (broad SMARTS) is 1. The van der Waals surface area contributed by atoms with Crippen molar-refractivity contribution < 1.29 is 9.90 Å². The highest BCUT2D eigenvalue weighted by Gasteiger charge is 2.13. The predicted molar refractivity (Wildman–Crippen MR) is 75.7 cm³/mol. The zero-order valence-electron chi connectivity index (χ0n) is 9.56. The smallest absolute Gasteiger partial charge is 0.336 e. The van der Waals surface area contributed by atoms with E-state index in [9.17, 15) is 9.90 Å². The first kappa shape index (κ1) is 12.6. The van der Waals surface area contributed by atoms with Crippen LogP contribution in [0.5, 0.6) is 0 Å². The molecule has 0 amide bonds. The van der Waals surface area contributed by atoms with Crippen LogP contribution in [-0.2, 0) is 0 Å². The van der Waals surface area contributed by atoms with Crippen LogP contribution in [0.15, 0.2) is 59.6 Å². The van der Waals surface area contributed by atoms with Crippen molar-refractivity contribution in [3.63, 3.8) is 0 Å². The van der Waals surface area contributed by atoms with E-state index in [2.05, 4.69) is 22.5 Å². The molecule has 2 rings (SSSR count). The van der Waals surface area contributed by atoms with Gasteiger partial charge in [0.05, 0.1) is 5.56 Å². The number of hydrogen-bond donors (Lipinski definition) is 1. The van der Waals surface area contributed by atoms with Gasteiger partial charge in [-0.05, 0) is 28.8 Å². The van der Waals surface area contributed by atoms with Gasteiger partial charge in [0, 0.05) is 4.47 Å². The quantitative estimate of drug-likeness (QED) is 0.922. The van der Waals surface area contributed by atoms with Crippen LogP contribution in [0.25, 0.3) is 5.57 Å². The molecule has 2 aromatic rings. The molecule has 0 unspecified atom stereocenters. The fourth-order valence-corrected chi connectivity index (χ4v) is 2.11. The number of benzene rings is 2. The van der Waals surface area contributed by atoms with Crippen LogP contribution in [0.1, 0.15) is 21.5 Å². The fourth-order valence-electron chi connectivity index (χ4n) is 1.75. The second-order valence-corrected chi connectivity index (χ2v) is 4.76. The molecule has 0 aliphatic rings. The van der Waals surface area contributed by atoms with E-state index in [4.69, 9.17) is 0 Å². The minimum Gasteiger partial charge on any atom is -0.478 e. The topological polar surface area (TPSA) is 37.3 Å². The maximum Gasteiger partial charge on any atom is 0.336 e. The third-order valence-electron chi connectivity index (χ3n) is 2.66. The molecule has 0 heterocycles. The van der Waals surface area contributed by atoms with Crippen LogP contribution in [0.2, 0.25) is 0 Å². The van der Waals surface area contributed by atoms with Crippen LogP contribution in [0.3, 0.4) is 0 Å². The molecule has 18 heavy (non-hydrogen) atoms. The first-order valence-corrected chi connectivity index (χ1v) is 6.16. The number of carboxylic acids is 1. The van der Waals surface area contributed by atoms with Crippen LogP contribution >= 0.6 is 15.9 Å². The summed E-state index contributed by atoms with van der Waals surface area (Å²) < 4.78 is 0.740. The highest BCUT2D eigenvalue weighted by atomic mass is 79.9. The maximum atomic E-state index is 11.2. The Morgan fingerprint density at radius 2 is 1.72 bits per heavy atom. The summed E-state index contributed by atoms with van der Waals surface area (Å²) in [5.74, 6) is -0.955. The number of hydrogen-bond acceptors (Lipinski definition) is 1. The second-order valence-electron chi connectivity index (χ2n) is 3.84. The molecule has 0 aromatic heterocycles. The molecule has 0 saturated heterocycles. The Balaban J connectivity index is 2.52. The van der Waals surface area contributed by atoms with E-state index in [1.165, 1.54) is 0 Å². The summed E-state index contributed by atoms with van der Waals surface area (Å²) >= 11 is 3.28. The van der Waals surface area contributed by atoms with Crippen molar-refractivity contribution >= 4 is 27.5 Å². The van der Waals surface area contributed by atoms with E-state index in [1.54, 1.807) is 12.1 Å². The van der Waals surface area contributed by atoms with Gasteiger partial charge in [-0.2, -0.15) is 0 Å². The van der Waals surface area contributed by atoms with E-state index < -0.39 is 5.97 Å². The summed E-state index contributed by atoms with van der Waals surface area (Å²) in [6.07, 6.45) is 0. The lowest BCUT2D eigenvalue weighted by molar-refractivity contribution is 0.0696. The summed E-state index contributed by atoms with van der Waals surface area (Å²) in [7, 11) is 0. The van der Waals surface area contributed by atoms with Gasteiger partial charge in [0.1, 0.15) is 0 Å². The van der Waals surface area contributed by atoms with Gasteiger partial charge in [0.25, 0.3) is 0 Å². The normalized spacial score (nSPS) is 10.1. The average Bonchev–Trinajstić information content (AvgIpc) is 2.39. The highest BCUT2D eigenvalue weighted by molar-refractivity contribution is 9.10. The third kappa shape index (κ3) is 2.51. The second kappa shape index (κ2) is 5.19. The molecule has 0 fully saturated rings. The minimum absolute atomic E-state index is 0.248. The molecular formula is C15H11BrO2. The van der Waals surface area contributed by atoms with Crippen LogP contribution in [-0.4, -0.2) is 11.1 Å². The Kier molecular flexibility index (Phi) is 3.63. The Morgan fingerprint density at radius 1 is 1.06 bits per heavy atom. The Hall–Kier alpha value is -1.87. The van der Waals surface area contributed by atoms with Gasteiger partial charge in [0.2, 0.25) is 0 Å². The van der Waals surface area contributed by atoms with Crippen LogP contribution < -0.4 is 0 Å². The zero-order chi connectivity index (χ0) is 13.1. The molecule has 2 aromatic carbocycles. The third-order valence-corrected chi connectivity index (χ3v) is 3.15. The minimum atomic E-state index is -0.955. The first-order chi connectivity index (χ1) is 8.59. The number of rotatable bonds is 3. The van der Waals surface area contributed by atoms with Crippen molar-refractivity contribution in [1.82, 2.24) is 0 Å². The highest BCUT2D eigenvalue weighted by Crippen LogP contribution is 2.27. The summed E-state index contributed by atoms with van der Waals surface area (Å²) in [4.78, 5) is 11.2. The number of carbonyl (C=O) groups is 1. The van der Waals surface area contributed by atoms with Gasteiger partial charge in [-0.1, -0.05) is 58.9 Å². The van der Waals surface area contributed by atoms with Gasteiger partial charge < -0.3 is 5.11 Å². The van der Waals surface area contributed by atoms with Crippen molar-refractivity contribution in [1.29, 1.82) is 0 Å². The maximum absolute atomic E-state index is 11.2. The predicted octanol–water partition coefficient (Wildman–Crippen LogP) is 4.21. The first-order valence-electron chi connectivity index (χ1n) is 5.37. The van der Waals surface area contributed by atoms with Gasteiger partial charge in [-0.25, -0.2) is 4.79 Å². The lowest BCUT2D eigenvalue weighted by Crippen LogP contribution is -2.02. The SMILES string of the molecule is C=C(c1ccccc1)c1ccc(Br)cc1C(=O)O. The van der Waals surface area contributed by atoms with Crippen molar-refractivity contribution in [2.45, 2.75) is 0 Å². The molecule has 90 valence electrons. The molecule has 0 aliphatic heterocycles. The summed E-state index contributed by atoms with van der Waals surface area (Å²) in [6, 6.07) is 14.7. The van der Waals surface area contributed by atoms with E-state index in [0.717, 1.165) is 10.0 Å². The summed E-state index contributed by atoms with van der Waals surface area (Å²) in [6.45, 7) is 3.99. The van der Waals surface area contributed by atoms with Crippen molar-refractivity contribution in [2.24, 2.45) is 0 Å². The fraction of sp³-hybridized carbons (Fsp3) is 0. The van der Waals surface area contributed by atoms with Crippen LogP contribution in [0, 0.1) is 0 Å². The molecule has 0 atom stereocenters. The molecule has 0 spiro atoms. The number of aromatic carboxylic acids is 1. The largest absolute Gasteiger partial charge is 0.478 e. The standard InChI is InChI=1S/C15H11BrO2/c1-10(11-5-3-2-4-6-11)13-8-7-12(16)9-14(13)15(17)18/h2-9H,1H2,(H,17,18). The van der Waals surface area contributed by atoms with Gasteiger partial charge >= 0.3 is 5.97 Å². The van der Waals surface area contributed by atoms with Crippen molar-refractivity contribution in [3.8, 4) is 0 Å². The summed E-state index contributed by atoms with van der Waals surface area (Å²) in [5, 5.41) is 9.22. The molecule has 1 N–H and O–H groups in total. The van der Waals surface area contributed by atoms with Gasteiger partial charge in [0.15, 0.2) is 0 Å². The lowest BCUT2D eigenvalue weighted by Gasteiger charge is -2.10. The van der Waals surface area contributed by atoms with Gasteiger partial charge in [-0.3, -0.25) is 0 Å². The van der Waals surface area contributed by atoms with E-state index >= 15 is 0 Å². The molecule has 0 bridgehead atoms. The Bertz CT molecular complexity index is 603. The van der Waals surface area contributed by atoms with Crippen LogP contribution in [0.4, 0.5) is 0 Å². The molecule has 0 saturated carbocycles. The Morgan fingerprint density at radius 3 is 2.33 bits per heavy atom. The molecule has 0 aliphatic carbocycles. The van der Waals surface area contributed by atoms with Crippen molar-refractivity contribution in [3.05, 3.63) is 76.3 Å². The summed E-state index contributed by atoms with van der Waals surface area (Å²) in [5.41, 5.74) is 2.51. The monoisotopic (exact) mass is 302 g/mol. The van der Waals surface area contributed by atoms with Gasteiger partial charge in [-0.15, -0.1) is 0 Å². The molecular weight excluding hydrogens is 292 g/mol. The lowest BCUT2D eigenvalue weighted by atomic mass is 9.95. The Labute approximate surface area is 114 Å². The van der Waals surface area contributed by atoms with E-state index in [1.807, 2.05) is 36.4 Å². The molecule has 2 nitrogen and oxygen atoms in total. The van der Waals surface area contributed by atoms with Crippen molar-refractivity contribution in [2.75, 3.05) is 0 Å².